The molecular weight excluding hydrogens is 364 g/mol. The van der Waals surface area contributed by atoms with E-state index >= 15 is 0 Å². The van der Waals surface area contributed by atoms with Crippen molar-refractivity contribution in [1.82, 2.24) is 9.80 Å². The summed E-state index contributed by atoms with van der Waals surface area (Å²) in [4.78, 5) is 30.4. The van der Waals surface area contributed by atoms with Crippen LogP contribution in [-0.2, 0) is 9.53 Å². The number of amides is 2. The molecule has 0 aliphatic carbocycles. The first-order chi connectivity index (χ1) is 14.1. The number of aryl methyl sites for hydroxylation is 2. The molecule has 2 aliphatic heterocycles. The van der Waals surface area contributed by atoms with E-state index in [9.17, 15) is 9.59 Å². The van der Waals surface area contributed by atoms with E-state index < -0.39 is 0 Å². The molecule has 2 fully saturated rings. The molecule has 2 atom stereocenters. The van der Waals surface area contributed by atoms with Crippen LogP contribution in [-0.4, -0.2) is 61.0 Å². The number of carbonyl (C=O) groups excluding carboxylic acids is 2. The van der Waals surface area contributed by atoms with Crippen LogP contribution in [0.3, 0.4) is 0 Å². The van der Waals surface area contributed by atoms with Crippen molar-refractivity contribution in [3.8, 4) is 0 Å². The van der Waals surface area contributed by atoms with Crippen molar-refractivity contribution in [2.75, 3.05) is 39.4 Å². The van der Waals surface area contributed by atoms with Crippen LogP contribution in [0.1, 0.15) is 33.0 Å². The van der Waals surface area contributed by atoms with Crippen molar-refractivity contribution in [2.45, 2.75) is 19.8 Å². The maximum atomic E-state index is 13.4. The number of morpholine rings is 1. The molecule has 5 nitrogen and oxygen atoms in total. The highest BCUT2D eigenvalue weighted by molar-refractivity contribution is 5.96. The van der Waals surface area contributed by atoms with Gasteiger partial charge < -0.3 is 14.5 Å². The zero-order valence-corrected chi connectivity index (χ0v) is 17.1. The number of ether oxygens (including phenoxy) is 1. The fraction of sp³-hybridized carbons (Fsp3) is 0.417. The van der Waals surface area contributed by atoms with E-state index in [4.69, 9.17) is 4.74 Å². The molecule has 0 N–H and O–H groups in total. The van der Waals surface area contributed by atoms with Gasteiger partial charge in [-0.2, -0.15) is 0 Å². The maximum Gasteiger partial charge on any atom is 0.254 e. The molecule has 0 saturated carbocycles. The first-order valence-corrected chi connectivity index (χ1v) is 10.3. The Hall–Kier alpha value is -2.66. The first-order valence-electron chi connectivity index (χ1n) is 10.3. The van der Waals surface area contributed by atoms with E-state index in [2.05, 4.69) is 19.1 Å². The second kappa shape index (κ2) is 8.37. The van der Waals surface area contributed by atoms with Gasteiger partial charge in [-0.3, -0.25) is 9.59 Å². The Bertz CT molecular complexity index is 905. The van der Waals surface area contributed by atoms with E-state index in [0.29, 0.717) is 39.4 Å². The fourth-order valence-electron chi connectivity index (χ4n) is 4.54. The Morgan fingerprint density at radius 3 is 2.21 bits per heavy atom. The van der Waals surface area contributed by atoms with Crippen LogP contribution in [0.2, 0.25) is 0 Å². The van der Waals surface area contributed by atoms with Crippen molar-refractivity contribution < 1.29 is 14.3 Å². The highest BCUT2D eigenvalue weighted by atomic mass is 16.5. The summed E-state index contributed by atoms with van der Waals surface area (Å²) in [6, 6.07) is 15.9. The standard InChI is InChI=1S/C24H28N2O3/c1-17-7-3-5-9-19(17)21-15-26(23(27)20-10-6-4-8-18(20)2)16-22(21)24(28)25-11-13-29-14-12-25/h3-10,21-22H,11-16H2,1-2H3/t21-,22+/m1/s1. The van der Waals surface area contributed by atoms with Gasteiger partial charge in [-0.1, -0.05) is 42.5 Å². The van der Waals surface area contributed by atoms with Crippen molar-refractivity contribution >= 4 is 11.8 Å². The largest absolute Gasteiger partial charge is 0.378 e. The Morgan fingerprint density at radius 1 is 0.862 bits per heavy atom. The van der Waals surface area contributed by atoms with Crippen molar-refractivity contribution in [3.63, 3.8) is 0 Å². The Morgan fingerprint density at radius 2 is 1.52 bits per heavy atom. The minimum atomic E-state index is -0.220. The van der Waals surface area contributed by atoms with Gasteiger partial charge in [0.25, 0.3) is 5.91 Å². The second-order valence-corrected chi connectivity index (χ2v) is 8.03. The second-order valence-electron chi connectivity index (χ2n) is 8.03. The minimum Gasteiger partial charge on any atom is -0.378 e. The average molecular weight is 392 g/mol. The lowest BCUT2D eigenvalue weighted by atomic mass is 9.85. The summed E-state index contributed by atoms with van der Waals surface area (Å²) in [7, 11) is 0. The summed E-state index contributed by atoms with van der Waals surface area (Å²) in [5.74, 6) is -0.0534. The van der Waals surface area contributed by atoms with E-state index in [1.165, 1.54) is 11.1 Å². The molecule has 5 heteroatoms. The van der Waals surface area contributed by atoms with E-state index in [-0.39, 0.29) is 23.7 Å². The normalized spacial score (nSPS) is 22.0. The molecule has 0 aromatic heterocycles. The summed E-state index contributed by atoms with van der Waals surface area (Å²) in [5.41, 5.74) is 4.02. The van der Waals surface area contributed by atoms with Gasteiger partial charge in [0.05, 0.1) is 19.1 Å². The summed E-state index contributed by atoms with van der Waals surface area (Å²) < 4.78 is 5.42. The zero-order chi connectivity index (χ0) is 20.4. The molecule has 2 aliphatic rings. The molecule has 2 amide bonds. The third-order valence-corrected chi connectivity index (χ3v) is 6.21. The molecule has 2 heterocycles. The van der Waals surface area contributed by atoms with Crippen LogP contribution < -0.4 is 0 Å². The van der Waals surface area contributed by atoms with Gasteiger partial charge in [-0.05, 0) is 36.6 Å². The van der Waals surface area contributed by atoms with Crippen molar-refractivity contribution in [1.29, 1.82) is 0 Å². The topological polar surface area (TPSA) is 49.9 Å². The molecule has 4 rings (SSSR count). The number of nitrogens with zero attached hydrogens (tertiary/aromatic N) is 2. The van der Waals surface area contributed by atoms with Gasteiger partial charge >= 0.3 is 0 Å². The summed E-state index contributed by atoms with van der Waals surface area (Å²) in [6.07, 6.45) is 0. The zero-order valence-electron chi connectivity index (χ0n) is 17.1. The van der Waals surface area contributed by atoms with Crippen molar-refractivity contribution in [3.05, 3.63) is 70.8 Å². The van der Waals surface area contributed by atoms with Crippen LogP contribution in [0.4, 0.5) is 0 Å². The number of hydrogen-bond acceptors (Lipinski definition) is 3. The van der Waals surface area contributed by atoms with E-state index in [1.54, 1.807) is 0 Å². The lowest BCUT2D eigenvalue weighted by Crippen LogP contribution is -2.45. The highest BCUT2D eigenvalue weighted by Gasteiger charge is 2.43. The fourth-order valence-corrected chi connectivity index (χ4v) is 4.54. The first kappa shape index (κ1) is 19.6. The molecule has 0 bridgehead atoms. The van der Waals surface area contributed by atoms with Gasteiger partial charge in [0.1, 0.15) is 0 Å². The van der Waals surface area contributed by atoms with Gasteiger partial charge in [0.15, 0.2) is 0 Å². The summed E-state index contributed by atoms with van der Waals surface area (Å²) >= 11 is 0. The number of benzene rings is 2. The average Bonchev–Trinajstić information content (AvgIpc) is 3.19. The monoisotopic (exact) mass is 392 g/mol. The van der Waals surface area contributed by atoms with Gasteiger partial charge in [0.2, 0.25) is 5.91 Å². The maximum absolute atomic E-state index is 13.4. The minimum absolute atomic E-state index is 0.0129. The molecule has 2 aromatic rings. The van der Waals surface area contributed by atoms with E-state index in [0.717, 1.165) is 11.1 Å². The van der Waals surface area contributed by atoms with Gasteiger partial charge in [-0.15, -0.1) is 0 Å². The quantitative estimate of drug-likeness (QED) is 0.807. The lowest BCUT2D eigenvalue weighted by molar-refractivity contribution is -0.139. The number of rotatable bonds is 3. The van der Waals surface area contributed by atoms with Crippen molar-refractivity contribution in [2.24, 2.45) is 5.92 Å². The predicted octanol–water partition coefficient (Wildman–Crippen LogP) is 3.02. The SMILES string of the molecule is Cc1ccccc1C(=O)N1C[C@H](C(=O)N2CCOCC2)[C@@H](c2ccccc2C)C1. The lowest BCUT2D eigenvalue weighted by Gasteiger charge is -2.31. The molecule has 2 saturated heterocycles. The number of hydrogen-bond donors (Lipinski definition) is 0. The summed E-state index contributed by atoms with van der Waals surface area (Å²) in [6.45, 7) is 7.48. The third-order valence-electron chi connectivity index (χ3n) is 6.21. The van der Waals surface area contributed by atoms with Crippen LogP contribution in [0.5, 0.6) is 0 Å². The third kappa shape index (κ3) is 3.92. The highest BCUT2D eigenvalue weighted by Crippen LogP contribution is 2.36. The Balaban J connectivity index is 1.64. The van der Waals surface area contributed by atoms with E-state index in [1.807, 2.05) is 53.1 Å². The molecular formula is C24H28N2O3. The number of carbonyl (C=O) groups is 2. The molecule has 29 heavy (non-hydrogen) atoms. The number of likely N-dealkylation sites (tertiary alicyclic amines) is 1. The Labute approximate surface area is 172 Å². The molecule has 152 valence electrons. The molecule has 0 spiro atoms. The van der Waals surface area contributed by atoms with Crippen LogP contribution in [0.25, 0.3) is 0 Å². The predicted molar refractivity (Wildman–Crippen MR) is 112 cm³/mol. The Kier molecular flexibility index (Phi) is 5.67. The summed E-state index contributed by atoms with van der Waals surface area (Å²) in [5, 5.41) is 0. The molecule has 0 radical (unpaired) electrons. The van der Waals surface area contributed by atoms with Crippen LogP contribution in [0, 0.1) is 19.8 Å². The smallest absolute Gasteiger partial charge is 0.254 e. The van der Waals surface area contributed by atoms with Gasteiger partial charge in [-0.25, -0.2) is 0 Å². The van der Waals surface area contributed by atoms with Gasteiger partial charge in [0, 0.05) is 37.7 Å². The van der Waals surface area contributed by atoms with Crippen LogP contribution >= 0.6 is 0 Å². The molecule has 2 aromatic carbocycles. The van der Waals surface area contributed by atoms with Crippen LogP contribution in [0.15, 0.2) is 48.5 Å². The molecule has 0 unspecified atom stereocenters.